The van der Waals surface area contributed by atoms with Crippen molar-refractivity contribution in [1.82, 2.24) is 0 Å². The van der Waals surface area contributed by atoms with Gasteiger partial charge in [-0.1, -0.05) is 36.4 Å². The largest absolute Gasteiger partial charge is 1.00 e. The third-order valence-electron chi connectivity index (χ3n) is 3.92. The van der Waals surface area contributed by atoms with Crippen LogP contribution in [0.4, 0.5) is 0 Å². The summed E-state index contributed by atoms with van der Waals surface area (Å²) in [6.45, 7) is 1.25. The van der Waals surface area contributed by atoms with E-state index in [0.717, 1.165) is 27.5 Å². The van der Waals surface area contributed by atoms with Crippen molar-refractivity contribution >= 4 is 22.6 Å². The van der Waals surface area contributed by atoms with E-state index < -0.39 is 0 Å². The van der Waals surface area contributed by atoms with Gasteiger partial charge < -0.3 is 16.9 Å². The van der Waals surface area contributed by atoms with Gasteiger partial charge >= 0.3 is 0 Å². The second kappa shape index (κ2) is 5.96. The number of likely N-dealkylation sites (N-methyl/N-ethyl adjacent to an activating group) is 1. The summed E-state index contributed by atoms with van der Waals surface area (Å²) in [5.74, 6) is 2.81. The zero-order chi connectivity index (χ0) is 15.0. The summed E-state index contributed by atoms with van der Waals surface area (Å²) in [7, 11) is 4.10. The Hall–Kier alpha value is -2.08. The molecule has 2 nitrogen and oxygen atoms in total. The average Bonchev–Trinajstić information content (AvgIpc) is 2.44. The fraction of sp³-hybridized carbons (Fsp3) is 0.211. The molecule has 1 aliphatic rings. The van der Waals surface area contributed by atoms with Crippen LogP contribution in [0.2, 0.25) is 0 Å². The minimum atomic E-state index is 0. The van der Waals surface area contributed by atoms with Crippen molar-refractivity contribution < 1.29 is 21.7 Å². The lowest BCUT2D eigenvalue weighted by Crippen LogP contribution is -3.00. The Morgan fingerprint density at radius 2 is 1.82 bits per heavy atom. The lowest BCUT2D eigenvalue weighted by Gasteiger charge is -2.29. The van der Waals surface area contributed by atoms with Crippen molar-refractivity contribution in [2.24, 2.45) is 0 Å². The van der Waals surface area contributed by atoms with E-state index in [1.807, 2.05) is 36.4 Å². The summed E-state index contributed by atoms with van der Waals surface area (Å²) in [6, 6.07) is 12.1. The SMILES string of the molecule is C#CC[N+](C)(C)CC1=Cc2cccc3cccc(c23)C1=O.[Cl-]. The highest BCUT2D eigenvalue weighted by Crippen LogP contribution is 2.31. The second-order valence-electron chi connectivity index (χ2n) is 6.21. The molecule has 0 amide bonds. The van der Waals surface area contributed by atoms with Crippen LogP contribution in [0.5, 0.6) is 0 Å². The van der Waals surface area contributed by atoms with Gasteiger partial charge in [-0.2, -0.15) is 0 Å². The van der Waals surface area contributed by atoms with E-state index in [1.54, 1.807) is 0 Å². The molecule has 0 heterocycles. The molecule has 0 spiro atoms. The van der Waals surface area contributed by atoms with E-state index >= 15 is 0 Å². The second-order valence-corrected chi connectivity index (χ2v) is 6.21. The molecule has 0 fully saturated rings. The number of nitrogens with zero attached hydrogens (tertiary/aromatic N) is 1. The van der Waals surface area contributed by atoms with Crippen LogP contribution >= 0.6 is 0 Å². The Morgan fingerprint density at radius 1 is 1.14 bits per heavy atom. The molecule has 0 N–H and O–H groups in total. The van der Waals surface area contributed by atoms with Crippen LogP contribution in [-0.4, -0.2) is 37.5 Å². The van der Waals surface area contributed by atoms with Crippen molar-refractivity contribution in [2.75, 3.05) is 27.2 Å². The molecule has 1 aliphatic carbocycles. The molecule has 2 aromatic rings. The molecule has 0 aromatic heterocycles. The van der Waals surface area contributed by atoms with Gasteiger partial charge in [0.05, 0.1) is 19.7 Å². The van der Waals surface area contributed by atoms with Crippen LogP contribution in [0.1, 0.15) is 15.9 Å². The Kier molecular flexibility index (Phi) is 4.42. The van der Waals surface area contributed by atoms with Gasteiger partial charge in [-0.05, 0) is 22.9 Å². The number of rotatable bonds is 3. The first-order valence-electron chi connectivity index (χ1n) is 7.04. The highest BCUT2D eigenvalue weighted by Gasteiger charge is 2.26. The molecule has 22 heavy (non-hydrogen) atoms. The summed E-state index contributed by atoms with van der Waals surface area (Å²) in [5.41, 5.74) is 2.76. The Labute approximate surface area is 137 Å². The molecule has 0 atom stereocenters. The van der Waals surface area contributed by atoms with E-state index in [2.05, 4.69) is 26.1 Å². The number of hydrogen-bond donors (Lipinski definition) is 0. The van der Waals surface area contributed by atoms with Gasteiger partial charge in [-0.3, -0.25) is 4.79 Å². The molecular formula is C19H18ClNO. The van der Waals surface area contributed by atoms with Crippen molar-refractivity contribution in [2.45, 2.75) is 0 Å². The first-order chi connectivity index (χ1) is 10.0. The van der Waals surface area contributed by atoms with E-state index in [1.165, 1.54) is 0 Å². The summed E-state index contributed by atoms with van der Waals surface area (Å²) in [5, 5.41) is 2.18. The number of hydrogen-bond acceptors (Lipinski definition) is 1. The normalized spacial score (nSPS) is 13.3. The molecule has 0 unspecified atom stereocenters. The number of ketones is 1. The minimum Gasteiger partial charge on any atom is -1.00 e. The van der Waals surface area contributed by atoms with E-state index in [9.17, 15) is 4.79 Å². The molecule has 0 aliphatic heterocycles. The van der Waals surface area contributed by atoms with E-state index in [0.29, 0.717) is 17.6 Å². The maximum atomic E-state index is 12.8. The zero-order valence-electron chi connectivity index (χ0n) is 12.8. The predicted molar refractivity (Wildman–Crippen MR) is 86.9 cm³/mol. The molecule has 0 bridgehead atoms. The Bertz CT molecular complexity index is 807. The van der Waals surface area contributed by atoms with Gasteiger partial charge in [-0.25, -0.2) is 0 Å². The number of halogens is 1. The standard InChI is InChI=1S/C19H18NO.ClH/c1-4-11-20(2,3)13-16-12-15-9-5-7-14-8-6-10-17(18(14)15)19(16)21;/h1,5-10,12H,11,13H2,2-3H3;1H/q+1;/p-1. The van der Waals surface area contributed by atoms with Gasteiger partial charge in [0.25, 0.3) is 0 Å². The van der Waals surface area contributed by atoms with Crippen molar-refractivity contribution in [3.8, 4) is 12.3 Å². The highest BCUT2D eigenvalue weighted by atomic mass is 35.5. The van der Waals surface area contributed by atoms with Crippen LogP contribution in [-0.2, 0) is 0 Å². The monoisotopic (exact) mass is 311 g/mol. The van der Waals surface area contributed by atoms with Crippen LogP contribution in [0.15, 0.2) is 42.0 Å². The van der Waals surface area contributed by atoms with Crippen LogP contribution in [0.25, 0.3) is 16.8 Å². The molecular weight excluding hydrogens is 294 g/mol. The van der Waals surface area contributed by atoms with Gasteiger partial charge in [0.15, 0.2) is 5.78 Å². The fourth-order valence-electron chi connectivity index (χ4n) is 2.99. The first kappa shape index (κ1) is 16.3. The number of carbonyl (C=O) groups excluding carboxylic acids is 1. The summed E-state index contributed by atoms with van der Waals surface area (Å²) >= 11 is 0. The summed E-state index contributed by atoms with van der Waals surface area (Å²) in [4.78, 5) is 12.8. The van der Waals surface area contributed by atoms with E-state index in [4.69, 9.17) is 6.42 Å². The number of Topliss-reactive ketones (excluding diaryl/α,β-unsaturated/α-hetero) is 1. The highest BCUT2D eigenvalue weighted by molar-refractivity contribution is 6.22. The topological polar surface area (TPSA) is 17.1 Å². The zero-order valence-corrected chi connectivity index (χ0v) is 13.5. The van der Waals surface area contributed by atoms with Gasteiger partial charge in [-0.15, -0.1) is 6.42 Å². The Balaban J connectivity index is 0.00000176. The van der Waals surface area contributed by atoms with Crippen LogP contribution in [0.3, 0.4) is 0 Å². The number of terminal acetylenes is 1. The van der Waals surface area contributed by atoms with Crippen molar-refractivity contribution in [3.63, 3.8) is 0 Å². The molecule has 3 heteroatoms. The molecule has 0 radical (unpaired) electrons. The van der Waals surface area contributed by atoms with Gasteiger partial charge in [0.2, 0.25) is 0 Å². The molecule has 112 valence electrons. The first-order valence-corrected chi connectivity index (χ1v) is 7.04. The lowest BCUT2D eigenvalue weighted by atomic mass is 9.87. The third-order valence-corrected chi connectivity index (χ3v) is 3.92. The Morgan fingerprint density at radius 3 is 2.50 bits per heavy atom. The molecule has 3 rings (SSSR count). The van der Waals surface area contributed by atoms with E-state index in [-0.39, 0.29) is 18.2 Å². The molecule has 2 aromatic carbocycles. The number of carbonyl (C=O) groups is 1. The van der Waals surface area contributed by atoms with Gasteiger partial charge in [0, 0.05) is 10.9 Å². The molecule has 0 saturated carbocycles. The molecule has 0 saturated heterocycles. The smallest absolute Gasteiger partial charge is 0.195 e. The van der Waals surface area contributed by atoms with Crippen molar-refractivity contribution in [1.29, 1.82) is 0 Å². The number of benzene rings is 2. The average molecular weight is 312 g/mol. The third kappa shape index (κ3) is 2.78. The number of quaternary nitrogens is 1. The summed E-state index contributed by atoms with van der Waals surface area (Å²) in [6.07, 6.45) is 7.44. The van der Waals surface area contributed by atoms with Crippen LogP contribution < -0.4 is 12.4 Å². The fourth-order valence-corrected chi connectivity index (χ4v) is 2.99. The maximum absolute atomic E-state index is 12.8. The predicted octanol–water partition coefficient (Wildman–Crippen LogP) is 0.133. The quantitative estimate of drug-likeness (QED) is 0.582. The lowest BCUT2D eigenvalue weighted by molar-refractivity contribution is -0.877. The minimum absolute atomic E-state index is 0. The van der Waals surface area contributed by atoms with Gasteiger partial charge in [0.1, 0.15) is 13.1 Å². The maximum Gasteiger partial charge on any atom is 0.195 e. The summed E-state index contributed by atoms with van der Waals surface area (Å²) < 4.78 is 0.617. The van der Waals surface area contributed by atoms with Crippen molar-refractivity contribution in [3.05, 3.63) is 53.1 Å². The van der Waals surface area contributed by atoms with Crippen LogP contribution in [0, 0.1) is 12.3 Å².